The Morgan fingerprint density at radius 1 is 1.12 bits per heavy atom. The van der Waals surface area contributed by atoms with Gasteiger partial charge in [-0.05, 0) is 37.3 Å². The van der Waals surface area contributed by atoms with Crippen LogP contribution in [0.4, 0.5) is 19.3 Å². The van der Waals surface area contributed by atoms with Gasteiger partial charge in [-0.1, -0.05) is 6.07 Å². The lowest BCUT2D eigenvalue weighted by Crippen LogP contribution is -2.35. The van der Waals surface area contributed by atoms with Crippen LogP contribution in [0.1, 0.15) is 15.4 Å². The van der Waals surface area contributed by atoms with Crippen LogP contribution in [-0.4, -0.2) is 16.9 Å². The smallest absolute Gasteiger partial charge is 0.308 e. The normalized spacial score (nSPS) is 10.6. The van der Waals surface area contributed by atoms with Crippen LogP contribution in [0, 0.1) is 18.6 Å². The maximum atomic E-state index is 13.5. The SMILES string of the molecule is Cc1nc2ccc(NC(=O)NC(=O)c3c(F)cccc3F)cc2s1. The van der Waals surface area contributed by atoms with Crippen LogP contribution in [0.5, 0.6) is 0 Å². The molecular formula is C16H11F2N3O2S. The Balaban J connectivity index is 1.73. The second kappa shape index (κ2) is 6.32. The van der Waals surface area contributed by atoms with Gasteiger partial charge in [0.2, 0.25) is 0 Å². The van der Waals surface area contributed by atoms with Crippen molar-refractivity contribution in [1.82, 2.24) is 10.3 Å². The summed E-state index contributed by atoms with van der Waals surface area (Å²) in [7, 11) is 0. The van der Waals surface area contributed by atoms with Crippen molar-refractivity contribution in [3.05, 3.63) is 58.6 Å². The number of imide groups is 1. The van der Waals surface area contributed by atoms with Crippen LogP contribution >= 0.6 is 11.3 Å². The van der Waals surface area contributed by atoms with Gasteiger partial charge in [0, 0.05) is 5.69 Å². The predicted octanol–water partition coefficient (Wildman–Crippen LogP) is 3.84. The molecule has 0 unspecified atom stereocenters. The van der Waals surface area contributed by atoms with Crippen molar-refractivity contribution in [2.24, 2.45) is 0 Å². The molecule has 2 aromatic carbocycles. The van der Waals surface area contributed by atoms with E-state index in [1.165, 1.54) is 11.3 Å². The van der Waals surface area contributed by atoms with Crippen molar-refractivity contribution in [2.45, 2.75) is 6.92 Å². The Morgan fingerprint density at radius 3 is 2.54 bits per heavy atom. The fraction of sp³-hybridized carbons (Fsp3) is 0.0625. The van der Waals surface area contributed by atoms with E-state index in [-0.39, 0.29) is 0 Å². The van der Waals surface area contributed by atoms with E-state index in [1.54, 1.807) is 18.2 Å². The predicted molar refractivity (Wildman–Crippen MR) is 87.2 cm³/mol. The van der Waals surface area contributed by atoms with E-state index in [2.05, 4.69) is 10.3 Å². The zero-order valence-corrected chi connectivity index (χ0v) is 13.2. The molecule has 3 aromatic rings. The highest BCUT2D eigenvalue weighted by atomic mass is 32.1. The number of fused-ring (bicyclic) bond motifs is 1. The standard InChI is InChI=1S/C16H11F2N3O2S/c1-8-19-12-6-5-9(7-13(12)24-8)20-16(23)21-15(22)14-10(17)3-2-4-11(14)18/h2-7H,1H3,(H2,20,21,22,23). The molecule has 1 heterocycles. The first-order valence-corrected chi connectivity index (χ1v) is 7.69. The second-order valence-corrected chi connectivity index (χ2v) is 6.16. The molecule has 24 heavy (non-hydrogen) atoms. The number of hydrogen-bond acceptors (Lipinski definition) is 4. The number of urea groups is 1. The van der Waals surface area contributed by atoms with Gasteiger partial charge in [-0.15, -0.1) is 11.3 Å². The molecule has 0 spiro atoms. The Hall–Kier alpha value is -2.87. The average molecular weight is 347 g/mol. The van der Waals surface area contributed by atoms with Crippen LogP contribution in [0.15, 0.2) is 36.4 Å². The lowest BCUT2D eigenvalue weighted by molar-refractivity contribution is 0.0959. The number of hydrogen-bond donors (Lipinski definition) is 2. The Morgan fingerprint density at radius 2 is 1.83 bits per heavy atom. The van der Waals surface area contributed by atoms with E-state index in [4.69, 9.17) is 0 Å². The van der Waals surface area contributed by atoms with E-state index >= 15 is 0 Å². The number of nitrogens with zero attached hydrogens (tertiary/aromatic N) is 1. The molecule has 3 amide bonds. The summed E-state index contributed by atoms with van der Waals surface area (Å²) in [4.78, 5) is 28.0. The highest BCUT2D eigenvalue weighted by Gasteiger charge is 2.19. The van der Waals surface area contributed by atoms with Crippen molar-refractivity contribution in [1.29, 1.82) is 0 Å². The van der Waals surface area contributed by atoms with Crippen LogP contribution in [0.3, 0.4) is 0 Å². The van der Waals surface area contributed by atoms with Gasteiger partial charge in [-0.25, -0.2) is 18.6 Å². The number of anilines is 1. The maximum absolute atomic E-state index is 13.5. The van der Waals surface area contributed by atoms with Crippen molar-refractivity contribution in [3.8, 4) is 0 Å². The number of benzene rings is 2. The fourth-order valence-electron chi connectivity index (χ4n) is 2.16. The summed E-state index contributed by atoms with van der Waals surface area (Å²) in [6.07, 6.45) is 0. The van der Waals surface area contributed by atoms with Crippen LogP contribution < -0.4 is 10.6 Å². The molecule has 2 N–H and O–H groups in total. The molecule has 0 bridgehead atoms. The molecule has 1 aromatic heterocycles. The minimum Gasteiger partial charge on any atom is -0.308 e. The molecule has 0 fully saturated rings. The zero-order chi connectivity index (χ0) is 17.3. The van der Waals surface area contributed by atoms with Gasteiger partial charge in [0.05, 0.1) is 15.2 Å². The topological polar surface area (TPSA) is 71.1 Å². The second-order valence-electron chi connectivity index (χ2n) is 4.92. The first kappa shape index (κ1) is 16.0. The van der Waals surface area contributed by atoms with Gasteiger partial charge in [0.1, 0.15) is 17.2 Å². The Kier molecular flexibility index (Phi) is 4.22. The molecule has 0 aliphatic rings. The van der Waals surface area contributed by atoms with Crippen molar-refractivity contribution >= 4 is 39.2 Å². The minimum atomic E-state index is -1.15. The number of thiazole rings is 1. The molecular weight excluding hydrogens is 336 g/mol. The number of amides is 3. The summed E-state index contributed by atoms with van der Waals surface area (Å²) in [6, 6.07) is 7.18. The zero-order valence-electron chi connectivity index (χ0n) is 12.4. The monoisotopic (exact) mass is 347 g/mol. The van der Waals surface area contributed by atoms with Crippen molar-refractivity contribution in [3.63, 3.8) is 0 Å². The van der Waals surface area contributed by atoms with Gasteiger partial charge in [0.25, 0.3) is 5.91 Å². The Labute approximate surface area is 139 Å². The number of carbonyl (C=O) groups is 2. The molecule has 122 valence electrons. The summed E-state index contributed by atoms with van der Waals surface area (Å²) in [5.41, 5.74) is 0.430. The molecule has 8 heteroatoms. The lowest BCUT2D eigenvalue weighted by atomic mass is 10.2. The average Bonchev–Trinajstić information content (AvgIpc) is 2.86. The summed E-state index contributed by atoms with van der Waals surface area (Å²) in [6.45, 7) is 1.87. The molecule has 0 saturated heterocycles. The van der Waals surface area contributed by atoms with Crippen LogP contribution in [0.25, 0.3) is 10.2 Å². The highest BCUT2D eigenvalue weighted by Crippen LogP contribution is 2.24. The summed E-state index contributed by atoms with van der Waals surface area (Å²) < 4.78 is 27.9. The van der Waals surface area contributed by atoms with E-state index in [1.807, 2.05) is 12.2 Å². The number of nitrogens with one attached hydrogen (secondary N) is 2. The third-order valence-electron chi connectivity index (χ3n) is 3.17. The van der Waals surface area contributed by atoms with Gasteiger partial charge in [-0.2, -0.15) is 0 Å². The number of carbonyl (C=O) groups excluding carboxylic acids is 2. The van der Waals surface area contributed by atoms with E-state index in [0.717, 1.165) is 33.4 Å². The number of aryl methyl sites for hydroxylation is 1. The van der Waals surface area contributed by atoms with Crippen LogP contribution in [-0.2, 0) is 0 Å². The van der Waals surface area contributed by atoms with Crippen LogP contribution in [0.2, 0.25) is 0 Å². The summed E-state index contributed by atoms with van der Waals surface area (Å²) >= 11 is 1.46. The van der Waals surface area contributed by atoms with E-state index in [0.29, 0.717) is 5.69 Å². The molecule has 5 nitrogen and oxygen atoms in total. The lowest BCUT2D eigenvalue weighted by Gasteiger charge is -2.08. The summed E-state index contributed by atoms with van der Waals surface area (Å²) in [5.74, 6) is -3.23. The van der Waals surface area contributed by atoms with E-state index in [9.17, 15) is 18.4 Å². The molecule has 0 saturated carbocycles. The number of halogens is 2. The highest BCUT2D eigenvalue weighted by molar-refractivity contribution is 7.18. The summed E-state index contributed by atoms with van der Waals surface area (Å²) in [5, 5.41) is 5.23. The molecule has 0 atom stereocenters. The molecule has 0 radical (unpaired) electrons. The third kappa shape index (κ3) is 3.23. The fourth-order valence-corrected chi connectivity index (χ4v) is 3.03. The third-order valence-corrected chi connectivity index (χ3v) is 4.10. The minimum absolute atomic E-state index is 0.436. The van der Waals surface area contributed by atoms with Crippen molar-refractivity contribution in [2.75, 3.05) is 5.32 Å². The van der Waals surface area contributed by atoms with Gasteiger partial charge < -0.3 is 5.32 Å². The van der Waals surface area contributed by atoms with E-state index < -0.39 is 29.1 Å². The molecule has 0 aliphatic carbocycles. The largest absolute Gasteiger partial charge is 0.326 e. The Bertz CT molecular complexity index is 935. The van der Waals surface area contributed by atoms with Gasteiger partial charge in [-0.3, -0.25) is 10.1 Å². The quantitative estimate of drug-likeness (QED) is 0.740. The van der Waals surface area contributed by atoms with Gasteiger partial charge >= 0.3 is 6.03 Å². The van der Waals surface area contributed by atoms with Crippen molar-refractivity contribution < 1.29 is 18.4 Å². The van der Waals surface area contributed by atoms with Gasteiger partial charge in [0.15, 0.2) is 0 Å². The number of aromatic nitrogens is 1. The number of rotatable bonds is 2. The first-order chi connectivity index (χ1) is 11.4. The molecule has 3 rings (SSSR count). The maximum Gasteiger partial charge on any atom is 0.326 e. The first-order valence-electron chi connectivity index (χ1n) is 6.87. The molecule has 0 aliphatic heterocycles.